The molecule has 1 aliphatic carbocycles. The molecule has 1 saturated carbocycles. The van der Waals surface area contributed by atoms with Gasteiger partial charge in [0.05, 0.1) is 0 Å². The normalized spacial score (nSPS) is 17.8. The number of benzene rings is 1. The van der Waals surface area contributed by atoms with Gasteiger partial charge >= 0.3 is 0 Å². The first kappa shape index (κ1) is 11.6. The van der Waals surface area contributed by atoms with E-state index in [4.69, 9.17) is 5.73 Å². The fourth-order valence-electron chi connectivity index (χ4n) is 1.95. The Kier molecular flexibility index (Phi) is 3.62. The van der Waals surface area contributed by atoms with Crippen molar-refractivity contribution in [3.05, 3.63) is 35.4 Å². The Hall–Kier alpha value is -0.860. The minimum Gasteiger partial charge on any atom is -0.329 e. The maximum absolute atomic E-state index is 5.82. The van der Waals surface area contributed by atoms with Crippen LogP contribution >= 0.6 is 0 Å². The van der Waals surface area contributed by atoms with E-state index in [1.54, 1.807) is 0 Å². The Labute approximate surface area is 98.2 Å². The van der Waals surface area contributed by atoms with Gasteiger partial charge in [-0.1, -0.05) is 38.1 Å². The zero-order valence-electron chi connectivity index (χ0n) is 10.2. The van der Waals surface area contributed by atoms with Crippen LogP contribution < -0.4 is 11.1 Å². The van der Waals surface area contributed by atoms with Crippen LogP contribution in [0.25, 0.3) is 0 Å². The lowest BCUT2D eigenvalue weighted by Crippen LogP contribution is -2.29. The Morgan fingerprint density at radius 3 is 2.19 bits per heavy atom. The summed E-state index contributed by atoms with van der Waals surface area (Å²) in [5.74, 6) is 0.599. The molecule has 0 amide bonds. The van der Waals surface area contributed by atoms with Crippen LogP contribution in [0, 0.1) is 0 Å². The predicted octanol–water partition coefficient (Wildman–Crippen LogP) is 2.56. The van der Waals surface area contributed by atoms with Crippen molar-refractivity contribution in [1.29, 1.82) is 0 Å². The molecule has 1 fully saturated rings. The third-order valence-corrected chi connectivity index (χ3v) is 3.26. The first-order chi connectivity index (χ1) is 7.70. The van der Waals surface area contributed by atoms with Crippen molar-refractivity contribution in [1.82, 2.24) is 5.32 Å². The van der Waals surface area contributed by atoms with Gasteiger partial charge in [0.25, 0.3) is 0 Å². The molecule has 0 heterocycles. The lowest BCUT2D eigenvalue weighted by molar-refractivity contribution is 0.538. The van der Waals surface area contributed by atoms with Gasteiger partial charge in [0.2, 0.25) is 0 Å². The van der Waals surface area contributed by atoms with Crippen LogP contribution in [0.4, 0.5) is 0 Å². The van der Waals surface area contributed by atoms with E-state index in [1.807, 2.05) is 0 Å². The van der Waals surface area contributed by atoms with Gasteiger partial charge in [-0.05, 0) is 29.9 Å². The number of rotatable bonds is 5. The molecule has 1 atom stereocenters. The highest BCUT2D eigenvalue weighted by molar-refractivity contribution is 5.27. The number of hydrogen-bond acceptors (Lipinski definition) is 2. The van der Waals surface area contributed by atoms with Crippen LogP contribution in [0.1, 0.15) is 49.8 Å². The van der Waals surface area contributed by atoms with Crippen LogP contribution in [0.2, 0.25) is 0 Å². The van der Waals surface area contributed by atoms with E-state index in [9.17, 15) is 0 Å². The molecule has 0 spiro atoms. The highest BCUT2D eigenvalue weighted by Gasteiger charge is 2.24. The molecule has 2 heteroatoms. The SMILES string of the molecule is CC(C)c1ccc(C(CN)NC2CC2)cc1. The largest absolute Gasteiger partial charge is 0.329 e. The first-order valence-electron chi connectivity index (χ1n) is 6.26. The molecule has 2 rings (SSSR count). The summed E-state index contributed by atoms with van der Waals surface area (Å²) in [6.45, 7) is 5.12. The van der Waals surface area contributed by atoms with Crippen LogP contribution in [-0.2, 0) is 0 Å². The van der Waals surface area contributed by atoms with E-state index in [0.717, 1.165) is 0 Å². The molecular formula is C14H22N2. The highest BCUT2D eigenvalue weighted by atomic mass is 15.0. The summed E-state index contributed by atoms with van der Waals surface area (Å²) in [4.78, 5) is 0. The van der Waals surface area contributed by atoms with Gasteiger partial charge in [-0.2, -0.15) is 0 Å². The minimum absolute atomic E-state index is 0.328. The topological polar surface area (TPSA) is 38.0 Å². The van der Waals surface area contributed by atoms with Crippen LogP contribution in [-0.4, -0.2) is 12.6 Å². The number of nitrogens with two attached hydrogens (primary N) is 1. The lowest BCUT2D eigenvalue weighted by atomic mass is 9.99. The molecule has 1 aliphatic rings. The molecule has 0 aliphatic heterocycles. The molecule has 1 unspecified atom stereocenters. The molecule has 0 radical (unpaired) electrons. The van der Waals surface area contributed by atoms with E-state index in [-0.39, 0.29) is 0 Å². The van der Waals surface area contributed by atoms with Crippen LogP contribution in [0.5, 0.6) is 0 Å². The summed E-state index contributed by atoms with van der Waals surface area (Å²) in [7, 11) is 0. The molecule has 1 aromatic rings. The molecule has 1 aromatic carbocycles. The second-order valence-electron chi connectivity index (χ2n) is 5.05. The summed E-state index contributed by atoms with van der Waals surface area (Å²) in [6.07, 6.45) is 2.61. The molecule has 2 nitrogen and oxygen atoms in total. The van der Waals surface area contributed by atoms with Gasteiger partial charge < -0.3 is 11.1 Å². The Morgan fingerprint density at radius 2 is 1.75 bits per heavy atom. The summed E-state index contributed by atoms with van der Waals surface area (Å²) in [5, 5.41) is 3.58. The molecular weight excluding hydrogens is 196 g/mol. The van der Waals surface area contributed by atoms with E-state index >= 15 is 0 Å². The van der Waals surface area contributed by atoms with Gasteiger partial charge in [0, 0.05) is 18.6 Å². The van der Waals surface area contributed by atoms with Gasteiger partial charge in [-0.3, -0.25) is 0 Å². The molecule has 0 saturated heterocycles. The van der Waals surface area contributed by atoms with Crippen molar-refractivity contribution in [2.45, 2.75) is 44.7 Å². The quantitative estimate of drug-likeness (QED) is 0.797. The highest BCUT2D eigenvalue weighted by Crippen LogP contribution is 2.24. The molecule has 3 N–H and O–H groups in total. The number of nitrogens with one attached hydrogen (secondary N) is 1. The Bertz CT molecular complexity index is 325. The van der Waals surface area contributed by atoms with E-state index < -0.39 is 0 Å². The van der Waals surface area contributed by atoms with Crippen molar-refractivity contribution in [3.63, 3.8) is 0 Å². The fraction of sp³-hybridized carbons (Fsp3) is 0.571. The summed E-state index contributed by atoms with van der Waals surface area (Å²) >= 11 is 0. The van der Waals surface area contributed by atoms with Gasteiger partial charge in [0.1, 0.15) is 0 Å². The minimum atomic E-state index is 0.328. The standard InChI is InChI=1S/C14H22N2/c1-10(2)11-3-5-12(6-4-11)14(9-15)16-13-7-8-13/h3-6,10,13-14,16H,7-9,15H2,1-2H3. The maximum Gasteiger partial charge on any atom is 0.0446 e. The lowest BCUT2D eigenvalue weighted by Gasteiger charge is -2.17. The van der Waals surface area contributed by atoms with E-state index in [1.165, 1.54) is 24.0 Å². The van der Waals surface area contributed by atoms with Crippen molar-refractivity contribution >= 4 is 0 Å². The predicted molar refractivity (Wildman–Crippen MR) is 68.5 cm³/mol. The van der Waals surface area contributed by atoms with E-state index in [0.29, 0.717) is 24.5 Å². The average Bonchev–Trinajstić information content (AvgIpc) is 3.10. The second kappa shape index (κ2) is 4.98. The summed E-state index contributed by atoms with van der Waals surface area (Å²) in [5.41, 5.74) is 8.53. The van der Waals surface area contributed by atoms with Gasteiger partial charge in [-0.25, -0.2) is 0 Å². The zero-order valence-corrected chi connectivity index (χ0v) is 10.2. The van der Waals surface area contributed by atoms with Crippen LogP contribution in [0.15, 0.2) is 24.3 Å². The molecule has 0 bridgehead atoms. The Morgan fingerprint density at radius 1 is 1.19 bits per heavy atom. The van der Waals surface area contributed by atoms with Gasteiger partial charge in [0.15, 0.2) is 0 Å². The van der Waals surface area contributed by atoms with Gasteiger partial charge in [-0.15, -0.1) is 0 Å². The van der Waals surface area contributed by atoms with Crippen molar-refractivity contribution in [2.24, 2.45) is 5.73 Å². The fourth-order valence-corrected chi connectivity index (χ4v) is 1.95. The second-order valence-corrected chi connectivity index (χ2v) is 5.05. The first-order valence-corrected chi connectivity index (χ1v) is 6.26. The maximum atomic E-state index is 5.82. The smallest absolute Gasteiger partial charge is 0.0446 e. The summed E-state index contributed by atoms with van der Waals surface area (Å²) in [6, 6.07) is 9.89. The van der Waals surface area contributed by atoms with Crippen LogP contribution in [0.3, 0.4) is 0 Å². The van der Waals surface area contributed by atoms with Crippen molar-refractivity contribution < 1.29 is 0 Å². The van der Waals surface area contributed by atoms with Crippen molar-refractivity contribution in [2.75, 3.05) is 6.54 Å². The molecule has 0 aromatic heterocycles. The third kappa shape index (κ3) is 2.83. The van der Waals surface area contributed by atoms with E-state index in [2.05, 4.69) is 43.4 Å². The molecule has 16 heavy (non-hydrogen) atoms. The van der Waals surface area contributed by atoms with Crippen molar-refractivity contribution in [3.8, 4) is 0 Å². The summed E-state index contributed by atoms with van der Waals surface area (Å²) < 4.78 is 0. The molecule has 88 valence electrons. The number of hydrogen-bond donors (Lipinski definition) is 2. The average molecular weight is 218 g/mol. The Balaban J connectivity index is 2.05. The monoisotopic (exact) mass is 218 g/mol. The zero-order chi connectivity index (χ0) is 11.5. The third-order valence-electron chi connectivity index (χ3n) is 3.26.